The van der Waals surface area contributed by atoms with Crippen molar-refractivity contribution in [3.8, 4) is 0 Å². The average molecular weight is 240 g/mol. The first kappa shape index (κ1) is 13.4. The molecule has 0 aliphatic carbocycles. The van der Waals surface area contributed by atoms with E-state index in [0.29, 0.717) is 5.56 Å². The summed E-state index contributed by atoms with van der Waals surface area (Å²) in [5, 5.41) is 31.0. The number of hydrogen-bond donors (Lipinski definition) is 5. The summed E-state index contributed by atoms with van der Waals surface area (Å²) in [5.41, 5.74) is 5.84. The summed E-state index contributed by atoms with van der Waals surface area (Å²) in [6.07, 6.45) is -2.16. The number of aliphatic hydroxyl groups is 2. The molecule has 1 aromatic carbocycles. The molecule has 94 valence electrons. The number of anilines is 1. The Labute approximate surface area is 98.7 Å². The van der Waals surface area contributed by atoms with Crippen LogP contribution in [0.4, 0.5) is 5.69 Å². The van der Waals surface area contributed by atoms with Crippen molar-refractivity contribution in [2.24, 2.45) is 0 Å². The van der Waals surface area contributed by atoms with E-state index >= 15 is 0 Å². The number of nitrogen functional groups attached to an aromatic ring is 1. The first-order valence-corrected chi connectivity index (χ1v) is 5.10. The molecule has 0 saturated heterocycles. The number of aliphatic hydroxyl groups excluding tert-OH is 2. The number of nitrogens with two attached hydrogens (primary N) is 1. The van der Waals surface area contributed by atoms with E-state index in [1.807, 2.05) is 0 Å². The van der Waals surface area contributed by atoms with Crippen molar-refractivity contribution in [3.05, 3.63) is 29.3 Å². The van der Waals surface area contributed by atoms with E-state index in [-0.39, 0.29) is 17.8 Å². The number of carboxylic acid groups (broad SMARTS) is 1. The van der Waals surface area contributed by atoms with Crippen LogP contribution in [0.3, 0.4) is 0 Å². The second kappa shape index (κ2) is 5.62. The van der Waals surface area contributed by atoms with Gasteiger partial charge in [0.25, 0.3) is 0 Å². The molecular formula is C11H16N2O4. The van der Waals surface area contributed by atoms with Crippen LogP contribution < -0.4 is 11.1 Å². The number of carbonyl (C=O) groups is 1. The van der Waals surface area contributed by atoms with Crippen molar-refractivity contribution < 1.29 is 20.1 Å². The third kappa shape index (κ3) is 3.16. The first-order chi connectivity index (χ1) is 7.97. The van der Waals surface area contributed by atoms with Crippen molar-refractivity contribution in [1.82, 2.24) is 5.32 Å². The topological polar surface area (TPSA) is 116 Å². The second-order valence-electron chi connectivity index (χ2n) is 3.72. The molecule has 2 atom stereocenters. The van der Waals surface area contributed by atoms with E-state index in [9.17, 15) is 15.0 Å². The SMILES string of the molecule is CNCC(O)C(O)c1ccc(N)c(C(=O)O)c1. The first-order valence-electron chi connectivity index (χ1n) is 5.10. The molecule has 6 N–H and O–H groups in total. The fourth-order valence-electron chi connectivity index (χ4n) is 1.49. The van der Waals surface area contributed by atoms with E-state index in [1.54, 1.807) is 7.05 Å². The zero-order chi connectivity index (χ0) is 13.0. The highest BCUT2D eigenvalue weighted by atomic mass is 16.4. The number of hydrogen-bond acceptors (Lipinski definition) is 5. The number of carboxylic acids is 1. The summed E-state index contributed by atoms with van der Waals surface area (Å²) in [7, 11) is 1.64. The molecule has 0 aromatic heterocycles. The second-order valence-corrected chi connectivity index (χ2v) is 3.72. The van der Waals surface area contributed by atoms with Crippen LogP contribution in [0, 0.1) is 0 Å². The standard InChI is InChI=1S/C11H16N2O4/c1-13-5-9(14)10(15)6-2-3-8(12)7(4-6)11(16)17/h2-4,9-10,13-15H,5,12H2,1H3,(H,16,17). The third-order valence-electron chi connectivity index (χ3n) is 2.43. The highest BCUT2D eigenvalue weighted by molar-refractivity contribution is 5.93. The van der Waals surface area contributed by atoms with Gasteiger partial charge >= 0.3 is 5.97 Å². The Bertz CT molecular complexity index is 408. The highest BCUT2D eigenvalue weighted by Crippen LogP contribution is 2.21. The molecule has 1 aromatic rings. The number of nitrogens with one attached hydrogen (secondary N) is 1. The van der Waals surface area contributed by atoms with Crippen molar-refractivity contribution in [3.63, 3.8) is 0 Å². The summed E-state index contributed by atoms with van der Waals surface area (Å²) in [5.74, 6) is -1.17. The molecule has 17 heavy (non-hydrogen) atoms. The number of benzene rings is 1. The maximum Gasteiger partial charge on any atom is 0.337 e. The van der Waals surface area contributed by atoms with Gasteiger partial charge in [-0.3, -0.25) is 0 Å². The quantitative estimate of drug-likeness (QED) is 0.446. The van der Waals surface area contributed by atoms with Crippen LogP contribution in [0.25, 0.3) is 0 Å². The fourth-order valence-corrected chi connectivity index (χ4v) is 1.49. The van der Waals surface area contributed by atoms with E-state index in [1.165, 1.54) is 18.2 Å². The highest BCUT2D eigenvalue weighted by Gasteiger charge is 2.19. The molecule has 0 bridgehead atoms. The predicted molar refractivity (Wildman–Crippen MR) is 62.7 cm³/mol. The molecule has 0 aliphatic heterocycles. The van der Waals surface area contributed by atoms with Crippen LogP contribution >= 0.6 is 0 Å². The van der Waals surface area contributed by atoms with Gasteiger partial charge in [0.1, 0.15) is 6.10 Å². The molecule has 6 nitrogen and oxygen atoms in total. The van der Waals surface area contributed by atoms with Gasteiger partial charge in [0.2, 0.25) is 0 Å². The minimum absolute atomic E-state index is 0.0850. The smallest absolute Gasteiger partial charge is 0.337 e. The van der Waals surface area contributed by atoms with E-state index in [0.717, 1.165) is 0 Å². The Balaban J connectivity index is 2.99. The maximum absolute atomic E-state index is 10.9. The van der Waals surface area contributed by atoms with Gasteiger partial charge in [-0.25, -0.2) is 4.79 Å². The Morgan fingerprint density at radius 2 is 2.12 bits per heavy atom. The lowest BCUT2D eigenvalue weighted by atomic mass is 10.0. The normalized spacial score (nSPS) is 14.3. The molecule has 1 rings (SSSR count). The lowest BCUT2D eigenvalue weighted by molar-refractivity contribution is 0.0201. The Kier molecular flexibility index (Phi) is 4.45. The zero-order valence-corrected chi connectivity index (χ0v) is 9.42. The molecule has 0 heterocycles. The van der Waals surface area contributed by atoms with Crippen LogP contribution in [0.5, 0.6) is 0 Å². The Morgan fingerprint density at radius 3 is 2.65 bits per heavy atom. The largest absolute Gasteiger partial charge is 0.478 e. The van der Waals surface area contributed by atoms with E-state index < -0.39 is 18.2 Å². The monoisotopic (exact) mass is 240 g/mol. The minimum atomic E-state index is -1.17. The lowest BCUT2D eigenvalue weighted by Gasteiger charge is -2.18. The molecule has 6 heteroatoms. The van der Waals surface area contributed by atoms with Crippen LogP contribution in [0.2, 0.25) is 0 Å². The van der Waals surface area contributed by atoms with Gasteiger partial charge < -0.3 is 26.4 Å². The predicted octanol–water partition coefficient (Wildman–Crippen LogP) is -0.419. The van der Waals surface area contributed by atoms with Gasteiger partial charge in [-0.2, -0.15) is 0 Å². The van der Waals surface area contributed by atoms with Gasteiger partial charge in [0.15, 0.2) is 0 Å². The summed E-state index contributed by atoms with van der Waals surface area (Å²) in [6, 6.07) is 4.15. The van der Waals surface area contributed by atoms with Crippen molar-refractivity contribution in [2.45, 2.75) is 12.2 Å². The molecule has 0 radical (unpaired) electrons. The van der Waals surface area contributed by atoms with Crippen molar-refractivity contribution in [1.29, 1.82) is 0 Å². The van der Waals surface area contributed by atoms with Crippen LogP contribution in [0.15, 0.2) is 18.2 Å². The number of rotatable bonds is 5. The van der Waals surface area contributed by atoms with Gasteiger partial charge in [0.05, 0.1) is 11.7 Å². The Morgan fingerprint density at radius 1 is 1.47 bits per heavy atom. The summed E-state index contributed by atoms with van der Waals surface area (Å²) in [4.78, 5) is 10.9. The molecule has 0 fully saturated rings. The molecule has 0 spiro atoms. The van der Waals surface area contributed by atoms with Gasteiger partial charge in [-0.15, -0.1) is 0 Å². The van der Waals surface area contributed by atoms with Crippen LogP contribution in [-0.4, -0.2) is 41.0 Å². The van der Waals surface area contributed by atoms with Gasteiger partial charge in [-0.05, 0) is 24.7 Å². The summed E-state index contributed by atoms with van der Waals surface area (Å²) >= 11 is 0. The Hall–Kier alpha value is -1.63. The number of likely N-dealkylation sites (N-methyl/N-ethyl adjacent to an activating group) is 1. The maximum atomic E-state index is 10.9. The van der Waals surface area contributed by atoms with Crippen molar-refractivity contribution in [2.75, 3.05) is 19.3 Å². The van der Waals surface area contributed by atoms with Crippen LogP contribution in [0.1, 0.15) is 22.0 Å². The van der Waals surface area contributed by atoms with Crippen LogP contribution in [-0.2, 0) is 0 Å². The third-order valence-corrected chi connectivity index (χ3v) is 2.43. The molecule has 0 amide bonds. The van der Waals surface area contributed by atoms with Gasteiger partial charge in [0, 0.05) is 12.2 Å². The lowest BCUT2D eigenvalue weighted by Crippen LogP contribution is -2.29. The molecule has 0 aliphatic rings. The van der Waals surface area contributed by atoms with E-state index in [4.69, 9.17) is 10.8 Å². The minimum Gasteiger partial charge on any atom is -0.478 e. The zero-order valence-electron chi connectivity index (χ0n) is 9.42. The fraction of sp³-hybridized carbons (Fsp3) is 0.364. The average Bonchev–Trinajstić information content (AvgIpc) is 2.28. The van der Waals surface area contributed by atoms with Gasteiger partial charge in [-0.1, -0.05) is 6.07 Å². The molecular weight excluding hydrogens is 224 g/mol. The molecule has 2 unspecified atom stereocenters. The van der Waals surface area contributed by atoms with E-state index in [2.05, 4.69) is 5.32 Å². The van der Waals surface area contributed by atoms with Crippen molar-refractivity contribution >= 4 is 11.7 Å². The molecule has 0 saturated carbocycles. The number of aromatic carboxylic acids is 1. The summed E-state index contributed by atoms with van der Waals surface area (Å²) < 4.78 is 0. The summed E-state index contributed by atoms with van der Waals surface area (Å²) in [6.45, 7) is 0.202.